The SMILES string of the molecule is COc1cc(-c2cc(=O)c3c(O)c([C@@H]4OC(CO)[C@@H](O)[C@H](O)C4O)c(O)cc3o2)ccc1O. The Balaban J connectivity index is 1.85. The summed E-state index contributed by atoms with van der Waals surface area (Å²) in [7, 11) is 1.35. The number of fused-ring (bicyclic) bond motifs is 1. The van der Waals surface area contributed by atoms with Gasteiger partial charge in [-0.15, -0.1) is 0 Å². The summed E-state index contributed by atoms with van der Waals surface area (Å²) in [6.45, 7) is -0.710. The summed E-state index contributed by atoms with van der Waals surface area (Å²) in [5, 5.41) is 70.6. The first-order valence-corrected chi connectivity index (χ1v) is 9.88. The van der Waals surface area contributed by atoms with Crippen LogP contribution in [-0.2, 0) is 4.74 Å². The van der Waals surface area contributed by atoms with Crippen LogP contribution in [0.3, 0.4) is 0 Å². The Bertz CT molecular complexity index is 1250. The molecule has 176 valence electrons. The van der Waals surface area contributed by atoms with Gasteiger partial charge in [-0.25, -0.2) is 0 Å². The van der Waals surface area contributed by atoms with Crippen molar-refractivity contribution in [2.75, 3.05) is 13.7 Å². The summed E-state index contributed by atoms with van der Waals surface area (Å²) >= 11 is 0. The number of aliphatic hydroxyl groups excluding tert-OH is 4. The van der Waals surface area contributed by atoms with Crippen molar-refractivity contribution in [2.24, 2.45) is 0 Å². The molecule has 0 amide bonds. The molecule has 1 aliphatic rings. The molecule has 1 aromatic heterocycles. The molecular formula is C22H22O11. The van der Waals surface area contributed by atoms with Crippen LogP contribution in [0.1, 0.15) is 11.7 Å². The van der Waals surface area contributed by atoms with Crippen molar-refractivity contribution < 1.29 is 49.6 Å². The molecule has 11 nitrogen and oxygen atoms in total. The van der Waals surface area contributed by atoms with E-state index in [-0.39, 0.29) is 28.2 Å². The van der Waals surface area contributed by atoms with Crippen LogP contribution in [-0.4, -0.2) is 73.9 Å². The molecule has 0 aliphatic carbocycles. The van der Waals surface area contributed by atoms with Crippen LogP contribution in [0.4, 0.5) is 0 Å². The first-order valence-electron chi connectivity index (χ1n) is 9.88. The normalized spacial score (nSPS) is 25.3. The van der Waals surface area contributed by atoms with Gasteiger partial charge in [0.1, 0.15) is 58.7 Å². The number of rotatable bonds is 4. The number of hydrogen-bond acceptors (Lipinski definition) is 11. The molecular weight excluding hydrogens is 440 g/mol. The summed E-state index contributed by atoms with van der Waals surface area (Å²) < 4.78 is 16.1. The Morgan fingerprint density at radius 2 is 1.70 bits per heavy atom. The number of phenols is 3. The largest absolute Gasteiger partial charge is 0.507 e. The van der Waals surface area contributed by atoms with Crippen LogP contribution in [0.15, 0.2) is 39.5 Å². The lowest BCUT2D eigenvalue weighted by Gasteiger charge is -2.40. The molecule has 1 aliphatic heterocycles. The molecule has 2 unspecified atom stereocenters. The average Bonchev–Trinajstić information content (AvgIpc) is 2.78. The Kier molecular flexibility index (Phi) is 5.91. The van der Waals surface area contributed by atoms with Crippen LogP contribution in [0.5, 0.6) is 23.0 Å². The zero-order chi connectivity index (χ0) is 24.0. The standard InChI is InChI=1S/C22H22O11/c1-31-13-4-8(2-3-9(13)24)12-5-10(25)16-14(32-12)6-11(26)17(19(16)28)22-21(30)20(29)18(27)15(7-23)33-22/h2-6,15,18,20-24,26-30H,7H2,1H3/t15?,18-,20+,21?,22+/m1/s1. The molecule has 7 N–H and O–H groups in total. The third-order valence-electron chi connectivity index (χ3n) is 5.65. The summed E-state index contributed by atoms with van der Waals surface area (Å²) in [5.74, 6) is -1.29. The molecule has 0 bridgehead atoms. The predicted molar refractivity (Wildman–Crippen MR) is 112 cm³/mol. The van der Waals surface area contributed by atoms with Gasteiger partial charge >= 0.3 is 0 Å². The fourth-order valence-corrected chi connectivity index (χ4v) is 3.90. The zero-order valence-electron chi connectivity index (χ0n) is 17.2. The number of phenolic OH excluding ortho intramolecular Hbond substituents is 3. The number of aliphatic hydroxyl groups is 4. The van der Waals surface area contributed by atoms with E-state index in [9.17, 15) is 40.5 Å². The Morgan fingerprint density at radius 3 is 2.36 bits per heavy atom. The van der Waals surface area contributed by atoms with E-state index < -0.39 is 59.6 Å². The van der Waals surface area contributed by atoms with Gasteiger partial charge in [0.05, 0.1) is 19.3 Å². The highest BCUT2D eigenvalue weighted by molar-refractivity contribution is 5.88. The van der Waals surface area contributed by atoms with Gasteiger partial charge < -0.3 is 49.6 Å². The number of methoxy groups -OCH3 is 1. The first kappa shape index (κ1) is 22.8. The number of hydrogen-bond donors (Lipinski definition) is 7. The van der Waals surface area contributed by atoms with Crippen LogP contribution >= 0.6 is 0 Å². The van der Waals surface area contributed by atoms with Gasteiger partial charge in [0.15, 0.2) is 16.9 Å². The van der Waals surface area contributed by atoms with E-state index in [2.05, 4.69) is 0 Å². The third-order valence-corrected chi connectivity index (χ3v) is 5.65. The van der Waals surface area contributed by atoms with Gasteiger partial charge in [0, 0.05) is 17.7 Å². The highest BCUT2D eigenvalue weighted by Crippen LogP contribution is 2.44. The second-order valence-corrected chi connectivity index (χ2v) is 7.64. The Hall–Kier alpha value is -3.35. The van der Waals surface area contributed by atoms with Crippen molar-refractivity contribution in [1.82, 2.24) is 0 Å². The number of ether oxygens (including phenoxy) is 2. The van der Waals surface area contributed by atoms with Crippen molar-refractivity contribution in [3.63, 3.8) is 0 Å². The fourth-order valence-electron chi connectivity index (χ4n) is 3.90. The molecule has 0 radical (unpaired) electrons. The molecule has 11 heteroatoms. The predicted octanol–water partition coefficient (Wildman–Crippen LogP) is 0.100. The van der Waals surface area contributed by atoms with E-state index in [1.807, 2.05) is 0 Å². The van der Waals surface area contributed by atoms with E-state index >= 15 is 0 Å². The topological polar surface area (TPSA) is 190 Å². The van der Waals surface area contributed by atoms with Crippen LogP contribution in [0.2, 0.25) is 0 Å². The molecule has 3 aromatic rings. The van der Waals surface area contributed by atoms with Crippen LogP contribution < -0.4 is 10.2 Å². The Morgan fingerprint density at radius 1 is 0.970 bits per heavy atom. The summed E-state index contributed by atoms with van der Waals surface area (Å²) in [5.41, 5.74) is -0.916. The maximum absolute atomic E-state index is 12.9. The highest BCUT2D eigenvalue weighted by atomic mass is 16.5. The van der Waals surface area contributed by atoms with Crippen molar-refractivity contribution >= 4 is 11.0 Å². The minimum Gasteiger partial charge on any atom is -0.507 e. The van der Waals surface area contributed by atoms with Gasteiger partial charge in [0.2, 0.25) is 0 Å². The monoisotopic (exact) mass is 462 g/mol. The molecule has 33 heavy (non-hydrogen) atoms. The smallest absolute Gasteiger partial charge is 0.197 e. The lowest BCUT2D eigenvalue weighted by molar-refractivity contribution is -0.232. The van der Waals surface area contributed by atoms with Gasteiger partial charge in [-0.1, -0.05) is 0 Å². The lowest BCUT2D eigenvalue weighted by Crippen LogP contribution is -2.55. The molecule has 2 heterocycles. The first-order chi connectivity index (χ1) is 15.7. The van der Waals surface area contributed by atoms with Crippen molar-refractivity contribution in [3.05, 3.63) is 46.1 Å². The molecule has 0 saturated carbocycles. The minimum absolute atomic E-state index is 0.0604. The lowest BCUT2D eigenvalue weighted by atomic mass is 9.89. The van der Waals surface area contributed by atoms with Crippen LogP contribution in [0, 0.1) is 0 Å². The number of benzene rings is 2. The van der Waals surface area contributed by atoms with Crippen molar-refractivity contribution in [2.45, 2.75) is 30.5 Å². The van der Waals surface area contributed by atoms with Gasteiger partial charge in [-0.3, -0.25) is 4.79 Å². The summed E-state index contributed by atoms with van der Waals surface area (Å²) in [4.78, 5) is 12.9. The number of aromatic hydroxyl groups is 3. The van der Waals surface area contributed by atoms with E-state index in [4.69, 9.17) is 13.9 Å². The van der Waals surface area contributed by atoms with E-state index in [0.717, 1.165) is 12.1 Å². The summed E-state index contributed by atoms with van der Waals surface area (Å²) in [6.07, 6.45) is -8.02. The third kappa shape index (κ3) is 3.75. The van der Waals surface area contributed by atoms with Gasteiger partial charge in [-0.05, 0) is 18.2 Å². The maximum Gasteiger partial charge on any atom is 0.197 e. The highest BCUT2D eigenvalue weighted by Gasteiger charge is 2.46. The molecule has 1 fully saturated rings. The van der Waals surface area contributed by atoms with Gasteiger partial charge in [0.25, 0.3) is 0 Å². The van der Waals surface area contributed by atoms with Crippen LogP contribution in [0.25, 0.3) is 22.3 Å². The molecule has 5 atom stereocenters. The molecule has 1 saturated heterocycles. The summed E-state index contributed by atoms with van der Waals surface area (Å²) in [6, 6.07) is 6.37. The second-order valence-electron chi connectivity index (χ2n) is 7.64. The van der Waals surface area contributed by atoms with E-state index in [1.165, 1.54) is 25.3 Å². The molecule has 4 rings (SSSR count). The van der Waals surface area contributed by atoms with E-state index in [1.54, 1.807) is 0 Å². The molecule has 2 aromatic carbocycles. The minimum atomic E-state index is -1.78. The molecule has 0 spiro atoms. The second kappa shape index (κ2) is 8.54. The maximum atomic E-state index is 12.9. The van der Waals surface area contributed by atoms with Crippen molar-refractivity contribution in [1.29, 1.82) is 0 Å². The quantitative estimate of drug-likeness (QED) is 0.278. The van der Waals surface area contributed by atoms with Gasteiger partial charge in [-0.2, -0.15) is 0 Å². The Labute approximate surface area is 185 Å². The fraction of sp³-hybridized carbons (Fsp3) is 0.318. The average molecular weight is 462 g/mol. The zero-order valence-corrected chi connectivity index (χ0v) is 17.2. The van der Waals surface area contributed by atoms with E-state index in [0.29, 0.717) is 5.56 Å². The van der Waals surface area contributed by atoms with Crippen molar-refractivity contribution in [3.8, 4) is 34.3 Å².